The van der Waals surface area contributed by atoms with E-state index in [1.54, 1.807) is 0 Å². The Bertz CT molecular complexity index is 332. The molecule has 0 heterocycles. The van der Waals surface area contributed by atoms with Crippen LogP contribution in [0.5, 0.6) is 0 Å². The first kappa shape index (κ1) is 25.3. The van der Waals surface area contributed by atoms with Crippen molar-refractivity contribution in [2.24, 2.45) is 0 Å². The molecule has 0 aromatic rings. The zero-order chi connectivity index (χ0) is 18.8. The first-order valence-electron chi connectivity index (χ1n) is 10.2. The highest BCUT2D eigenvalue weighted by Gasteiger charge is 2.17. The summed E-state index contributed by atoms with van der Waals surface area (Å²) in [5.74, 6) is 3.70. The Morgan fingerprint density at radius 1 is 0.792 bits per heavy atom. The van der Waals surface area contributed by atoms with E-state index in [1.807, 2.05) is 13.8 Å². The maximum Gasteiger partial charge on any atom is 0.162 e. The zero-order valence-electron chi connectivity index (χ0n) is 17.8. The SMILES string of the molecule is C#CC(C)(C)OC(CCCC)=C(C)C.CCCCCCCCCC. The van der Waals surface area contributed by atoms with E-state index in [4.69, 9.17) is 11.2 Å². The van der Waals surface area contributed by atoms with Crippen LogP contribution in [0, 0.1) is 12.3 Å². The van der Waals surface area contributed by atoms with E-state index in [1.165, 1.54) is 63.4 Å². The molecular formula is C23H44O. The Kier molecular flexibility index (Phi) is 17.9. The van der Waals surface area contributed by atoms with Gasteiger partial charge in [0.25, 0.3) is 0 Å². The van der Waals surface area contributed by atoms with Gasteiger partial charge in [-0.1, -0.05) is 84.5 Å². The van der Waals surface area contributed by atoms with Crippen LogP contribution in [0.4, 0.5) is 0 Å². The summed E-state index contributed by atoms with van der Waals surface area (Å²) in [4.78, 5) is 0. The van der Waals surface area contributed by atoms with Gasteiger partial charge < -0.3 is 4.74 Å². The van der Waals surface area contributed by atoms with E-state index in [2.05, 4.69) is 40.5 Å². The molecule has 0 N–H and O–H groups in total. The molecule has 0 aromatic heterocycles. The summed E-state index contributed by atoms with van der Waals surface area (Å²) in [6.07, 6.45) is 20.2. The van der Waals surface area contributed by atoms with Gasteiger partial charge in [0.1, 0.15) is 0 Å². The molecular weight excluding hydrogens is 292 g/mol. The quantitative estimate of drug-likeness (QED) is 0.199. The van der Waals surface area contributed by atoms with Crippen molar-refractivity contribution in [1.82, 2.24) is 0 Å². The van der Waals surface area contributed by atoms with E-state index < -0.39 is 5.60 Å². The Morgan fingerprint density at radius 2 is 1.21 bits per heavy atom. The molecule has 0 radical (unpaired) electrons. The molecule has 0 aliphatic carbocycles. The van der Waals surface area contributed by atoms with Crippen LogP contribution in [0.1, 0.15) is 119 Å². The number of hydrogen-bond acceptors (Lipinski definition) is 1. The molecule has 0 amide bonds. The number of terminal acetylenes is 1. The number of rotatable bonds is 12. The van der Waals surface area contributed by atoms with Crippen molar-refractivity contribution in [1.29, 1.82) is 0 Å². The van der Waals surface area contributed by atoms with Crippen molar-refractivity contribution in [3.8, 4) is 12.3 Å². The van der Waals surface area contributed by atoms with E-state index in [-0.39, 0.29) is 0 Å². The van der Waals surface area contributed by atoms with Crippen molar-refractivity contribution in [3.63, 3.8) is 0 Å². The molecule has 0 fully saturated rings. The number of ether oxygens (including phenoxy) is 1. The highest BCUT2D eigenvalue weighted by Crippen LogP contribution is 2.21. The molecule has 0 spiro atoms. The first-order chi connectivity index (χ1) is 11.3. The second kappa shape index (κ2) is 16.9. The molecule has 1 nitrogen and oxygen atoms in total. The highest BCUT2D eigenvalue weighted by atomic mass is 16.5. The van der Waals surface area contributed by atoms with Gasteiger partial charge in [-0.15, -0.1) is 6.42 Å². The molecule has 0 saturated heterocycles. The molecule has 0 bridgehead atoms. The molecule has 0 rings (SSSR count). The number of allylic oxidation sites excluding steroid dienone is 2. The van der Waals surface area contributed by atoms with Gasteiger partial charge >= 0.3 is 0 Å². The molecule has 142 valence electrons. The van der Waals surface area contributed by atoms with Gasteiger partial charge in [0, 0.05) is 6.42 Å². The number of hydrogen-bond donors (Lipinski definition) is 0. The summed E-state index contributed by atoms with van der Waals surface area (Å²) >= 11 is 0. The third-order valence-corrected chi connectivity index (χ3v) is 4.00. The fourth-order valence-electron chi connectivity index (χ4n) is 2.28. The van der Waals surface area contributed by atoms with Gasteiger partial charge in [0.05, 0.1) is 5.76 Å². The lowest BCUT2D eigenvalue weighted by Gasteiger charge is -2.23. The van der Waals surface area contributed by atoms with Gasteiger partial charge in [0.15, 0.2) is 5.60 Å². The molecule has 0 aliphatic heterocycles. The molecule has 24 heavy (non-hydrogen) atoms. The fourth-order valence-corrected chi connectivity index (χ4v) is 2.28. The molecule has 1 heteroatoms. The Balaban J connectivity index is 0. The topological polar surface area (TPSA) is 9.23 Å². The Labute approximate surface area is 153 Å². The molecule has 0 atom stereocenters. The molecule has 0 unspecified atom stereocenters. The predicted molar refractivity (Wildman–Crippen MR) is 110 cm³/mol. The summed E-state index contributed by atoms with van der Waals surface area (Å²) in [6, 6.07) is 0. The van der Waals surface area contributed by atoms with Crippen molar-refractivity contribution >= 4 is 0 Å². The first-order valence-corrected chi connectivity index (χ1v) is 10.2. The summed E-state index contributed by atoms with van der Waals surface area (Å²) in [5, 5.41) is 0. The van der Waals surface area contributed by atoms with Gasteiger partial charge in [0.2, 0.25) is 0 Å². The van der Waals surface area contributed by atoms with Crippen LogP contribution >= 0.6 is 0 Å². The minimum absolute atomic E-state index is 0.486. The monoisotopic (exact) mass is 336 g/mol. The molecule has 0 aliphatic rings. The standard InChI is InChI=1S/C13H22O.C10H22/c1-7-9-10-12(11(3)4)14-13(5,6)8-2;1-3-5-7-9-10-8-6-4-2/h2H,7,9-10H2,1,3-6H3;3-10H2,1-2H3. The second-order valence-corrected chi connectivity index (χ2v) is 7.40. The van der Waals surface area contributed by atoms with Gasteiger partial charge in [-0.25, -0.2) is 0 Å². The van der Waals surface area contributed by atoms with Gasteiger partial charge in [-0.2, -0.15) is 0 Å². The third kappa shape index (κ3) is 17.5. The zero-order valence-corrected chi connectivity index (χ0v) is 17.8. The summed E-state index contributed by atoms with van der Waals surface area (Å²) in [6.45, 7) is 14.7. The summed E-state index contributed by atoms with van der Waals surface area (Å²) in [5.41, 5.74) is 0.738. The lowest BCUT2D eigenvalue weighted by atomic mass is 10.1. The van der Waals surface area contributed by atoms with E-state index in [9.17, 15) is 0 Å². The fraction of sp³-hybridized carbons (Fsp3) is 0.826. The lowest BCUT2D eigenvalue weighted by molar-refractivity contribution is 0.0781. The summed E-state index contributed by atoms with van der Waals surface area (Å²) < 4.78 is 5.79. The van der Waals surface area contributed by atoms with Crippen LogP contribution < -0.4 is 0 Å². The van der Waals surface area contributed by atoms with E-state index in [0.29, 0.717) is 0 Å². The highest BCUT2D eigenvalue weighted by molar-refractivity contribution is 5.10. The van der Waals surface area contributed by atoms with Crippen LogP contribution in [0.3, 0.4) is 0 Å². The second-order valence-electron chi connectivity index (χ2n) is 7.40. The third-order valence-electron chi connectivity index (χ3n) is 4.00. The molecule has 0 aromatic carbocycles. The lowest BCUT2D eigenvalue weighted by Crippen LogP contribution is -2.21. The van der Waals surface area contributed by atoms with Crippen LogP contribution in [-0.4, -0.2) is 5.60 Å². The summed E-state index contributed by atoms with van der Waals surface area (Å²) in [7, 11) is 0. The van der Waals surface area contributed by atoms with Crippen molar-refractivity contribution < 1.29 is 4.74 Å². The average Bonchev–Trinajstić information content (AvgIpc) is 2.55. The van der Waals surface area contributed by atoms with Crippen LogP contribution in [0.2, 0.25) is 0 Å². The smallest absolute Gasteiger partial charge is 0.162 e. The number of unbranched alkanes of at least 4 members (excludes halogenated alkanes) is 8. The van der Waals surface area contributed by atoms with Crippen LogP contribution in [0.25, 0.3) is 0 Å². The van der Waals surface area contributed by atoms with Crippen LogP contribution in [-0.2, 0) is 4.74 Å². The Hall–Kier alpha value is -0.900. The van der Waals surface area contributed by atoms with Crippen molar-refractivity contribution in [2.45, 2.75) is 125 Å². The van der Waals surface area contributed by atoms with Gasteiger partial charge in [-0.3, -0.25) is 0 Å². The largest absolute Gasteiger partial charge is 0.480 e. The van der Waals surface area contributed by atoms with Crippen molar-refractivity contribution in [3.05, 3.63) is 11.3 Å². The minimum atomic E-state index is -0.486. The van der Waals surface area contributed by atoms with E-state index in [0.717, 1.165) is 18.6 Å². The predicted octanol–water partition coefficient (Wildman–Crippen LogP) is 8.05. The maximum absolute atomic E-state index is 5.79. The minimum Gasteiger partial charge on any atom is -0.480 e. The Morgan fingerprint density at radius 3 is 1.54 bits per heavy atom. The van der Waals surface area contributed by atoms with Crippen molar-refractivity contribution in [2.75, 3.05) is 0 Å². The van der Waals surface area contributed by atoms with Crippen LogP contribution in [0.15, 0.2) is 11.3 Å². The van der Waals surface area contributed by atoms with Gasteiger partial charge in [-0.05, 0) is 39.7 Å². The average molecular weight is 337 g/mol. The normalized spacial score (nSPS) is 10.4. The molecule has 0 saturated carbocycles. The van der Waals surface area contributed by atoms with E-state index >= 15 is 0 Å². The maximum atomic E-state index is 5.79.